The molecule has 2 N–H and O–H groups in total. The normalized spacial score (nSPS) is 12.6. The first-order chi connectivity index (χ1) is 8.22. The molecule has 0 aliphatic carbocycles. The lowest BCUT2D eigenvalue weighted by Crippen LogP contribution is -2.34. The predicted octanol–water partition coefficient (Wildman–Crippen LogP) is 2.04. The molecule has 0 bridgehead atoms. The molecule has 0 saturated heterocycles. The highest BCUT2D eigenvalue weighted by Crippen LogP contribution is 2.14. The second-order valence-electron chi connectivity index (χ2n) is 3.95. The summed E-state index contributed by atoms with van der Waals surface area (Å²) < 4.78 is 0. The van der Waals surface area contributed by atoms with E-state index in [1.54, 1.807) is 11.8 Å². The summed E-state index contributed by atoms with van der Waals surface area (Å²) in [4.78, 5) is 12.0. The number of carbonyl (C=O) groups is 1. The van der Waals surface area contributed by atoms with Gasteiger partial charge in [0.15, 0.2) is 5.69 Å². The average molecular weight is 249 g/mol. The number of carbonyl (C=O) groups excluding carboxylic acids is 1. The lowest BCUT2D eigenvalue weighted by atomic mass is 10.2. The third-order valence-corrected chi connectivity index (χ3v) is 3.31. The van der Waals surface area contributed by atoms with Crippen molar-refractivity contribution < 1.29 is 4.79 Å². The summed E-state index contributed by atoms with van der Waals surface area (Å²) in [5, 5.41) is 10.7. The molecule has 0 radical (unpaired) electrons. The zero-order valence-electron chi connectivity index (χ0n) is 9.86. The number of thioether (sulfide) groups is 1. The molecule has 17 heavy (non-hydrogen) atoms. The van der Waals surface area contributed by atoms with E-state index in [9.17, 15) is 4.79 Å². The molecular formula is C12H15N3OS. The van der Waals surface area contributed by atoms with Crippen LogP contribution in [0.25, 0.3) is 10.9 Å². The van der Waals surface area contributed by atoms with Gasteiger partial charge < -0.3 is 5.32 Å². The molecule has 0 aliphatic rings. The fourth-order valence-electron chi connectivity index (χ4n) is 1.72. The molecule has 1 amide bonds. The van der Waals surface area contributed by atoms with Crippen LogP contribution in [0.2, 0.25) is 0 Å². The zero-order chi connectivity index (χ0) is 12.3. The third kappa shape index (κ3) is 2.61. The molecule has 0 saturated carbocycles. The van der Waals surface area contributed by atoms with Gasteiger partial charge >= 0.3 is 0 Å². The van der Waals surface area contributed by atoms with Gasteiger partial charge in [-0.1, -0.05) is 18.2 Å². The van der Waals surface area contributed by atoms with Gasteiger partial charge in [-0.2, -0.15) is 16.9 Å². The maximum absolute atomic E-state index is 12.0. The molecule has 1 aromatic heterocycles. The molecule has 4 nitrogen and oxygen atoms in total. The molecule has 2 aromatic rings. The van der Waals surface area contributed by atoms with Gasteiger partial charge in [0.2, 0.25) is 0 Å². The Bertz CT molecular complexity index is 523. The molecule has 0 spiro atoms. The second kappa shape index (κ2) is 5.23. The number of hydrogen-bond donors (Lipinski definition) is 2. The Balaban J connectivity index is 2.19. The Morgan fingerprint density at radius 3 is 3.06 bits per heavy atom. The minimum Gasteiger partial charge on any atom is -0.347 e. The van der Waals surface area contributed by atoms with Crippen molar-refractivity contribution in [2.24, 2.45) is 0 Å². The van der Waals surface area contributed by atoms with Crippen molar-refractivity contribution in [1.82, 2.24) is 15.5 Å². The molecule has 1 unspecified atom stereocenters. The summed E-state index contributed by atoms with van der Waals surface area (Å²) in [6, 6.07) is 7.77. The largest absolute Gasteiger partial charge is 0.347 e. The fraction of sp³-hybridized carbons (Fsp3) is 0.333. The number of nitrogens with one attached hydrogen (secondary N) is 2. The van der Waals surface area contributed by atoms with Gasteiger partial charge in [0.05, 0.1) is 5.52 Å². The molecule has 0 aliphatic heterocycles. The number of nitrogens with zero attached hydrogens (tertiary/aromatic N) is 1. The van der Waals surface area contributed by atoms with Gasteiger partial charge in [-0.3, -0.25) is 9.89 Å². The first kappa shape index (κ1) is 12.0. The Morgan fingerprint density at radius 1 is 1.53 bits per heavy atom. The van der Waals surface area contributed by atoms with Gasteiger partial charge in [-0.25, -0.2) is 0 Å². The molecular weight excluding hydrogens is 234 g/mol. The Labute approximate surface area is 104 Å². The number of para-hydroxylation sites is 1. The number of fused-ring (bicyclic) bond motifs is 1. The van der Waals surface area contributed by atoms with Crippen molar-refractivity contribution in [2.75, 3.05) is 12.0 Å². The van der Waals surface area contributed by atoms with Crippen molar-refractivity contribution in [3.05, 3.63) is 30.0 Å². The fourth-order valence-corrected chi connectivity index (χ4v) is 2.30. The molecule has 1 aromatic carbocycles. The summed E-state index contributed by atoms with van der Waals surface area (Å²) in [5.41, 5.74) is 1.35. The van der Waals surface area contributed by atoms with Gasteiger partial charge in [0, 0.05) is 17.2 Å². The van der Waals surface area contributed by atoms with E-state index in [0.717, 1.165) is 16.7 Å². The van der Waals surface area contributed by atoms with Crippen LogP contribution in [0.4, 0.5) is 0 Å². The minimum absolute atomic E-state index is 0.121. The van der Waals surface area contributed by atoms with E-state index in [0.29, 0.717) is 5.69 Å². The molecule has 5 heteroatoms. The molecule has 90 valence electrons. The third-order valence-electron chi connectivity index (χ3n) is 2.48. The van der Waals surface area contributed by atoms with Crippen molar-refractivity contribution in [2.45, 2.75) is 13.0 Å². The maximum Gasteiger partial charge on any atom is 0.272 e. The summed E-state index contributed by atoms with van der Waals surface area (Å²) in [6.07, 6.45) is 2.02. The molecule has 1 atom stereocenters. The number of benzene rings is 1. The smallest absolute Gasteiger partial charge is 0.272 e. The highest BCUT2D eigenvalue weighted by atomic mass is 32.2. The Hall–Kier alpha value is -1.49. The van der Waals surface area contributed by atoms with Crippen LogP contribution in [0.5, 0.6) is 0 Å². The Kier molecular flexibility index (Phi) is 3.68. The highest BCUT2D eigenvalue weighted by molar-refractivity contribution is 7.98. The molecule has 1 heterocycles. The molecule has 2 rings (SSSR count). The van der Waals surface area contributed by atoms with Crippen LogP contribution in [0.1, 0.15) is 17.4 Å². The molecule has 0 fully saturated rings. The lowest BCUT2D eigenvalue weighted by molar-refractivity contribution is 0.0940. The van der Waals surface area contributed by atoms with Crippen LogP contribution in [-0.4, -0.2) is 34.2 Å². The summed E-state index contributed by atoms with van der Waals surface area (Å²) >= 11 is 1.71. The van der Waals surface area contributed by atoms with Crippen molar-refractivity contribution in [3.63, 3.8) is 0 Å². The van der Waals surface area contributed by atoms with Crippen LogP contribution < -0.4 is 5.32 Å². The highest BCUT2D eigenvalue weighted by Gasteiger charge is 2.15. The summed E-state index contributed by atoms with van der Waals surface area (Å²) in [5.74, 6) is 0.776. The van der Waals surface area contributed by atoms with E-state index in [1.165, 1.54) is 0 Å². The number of aromatic nitrogens is 2. The van der Waals surface area contributed by atoms with Crippen LogP contribution in [-0.2, 0) is 0 Å². The van der Waals surface area contributed by atoms with Gasteiger partial charge in [-0.15, -0.1) is 0 Å². The van der Waals surface area contributed by atoms with E-state index in [-0.39, 0.29) is 11.9 Å². The lowest BCUT2D eigenvalue weighted by Gasteiger charge is -2.10. The standard InChI is InChI=1S/C12H15N3OS/c1-8(7-17-2)13-12(16)11-9-5-3-4-6-10(9)14-15-11/h3-6,8H,7H2,1-2H3,(H,13,16)(H,14,15). The summed E-state index contributed by atoms with van der Waals surface area (Å²) in [7, 11) is 0. The first-order valence-corrected chi connectivity index (χ1v) is 6.84. The van der Waals surface area contributed by atoms with Gasteiger partial charge in [-0.05, 0) is 19.2 Å². The number of aromatic amines is 1. The van der Waals surface area contributed by atoms with E-state index < -0.39 is 0 Å². The zero-order valence-corrected chi connectivity index (χ0v) is 10.7. The van der Waals surface area contributed by atoms with E-state index in [1.807, 2.05) is 37.4 Å². The maximum atomic E-state index is 12.0. The van der Waals surface area contributed by atoms with E-state index in [2.05, 4.69) is 15.5 Å². The van der Waals surface area contributed by atoms with Crippen LogP contribution in [0.15, 0.2) is 24.3 Å². The van der Waals surface area contributed by atoms with Crippen LogP contribution in [0.3, 0.4) is 0 Å². The Morgan fingerprint density at radius 2 is 2.29 bits per heavy atom. The van der Waals surface area contributed by atoms with Crippen molar-refractivity contribution in [3.8, 4) is 0 Å². The number of hydrogen-bond acceptors (Lipinski definition) is 3. The number of amides is 1. The topological polar surface area (TPSA) is 57.8 Å². The predicted molar refractivity (Wildman–Crippen MR) is 71.4 cm³/mol. The minimum atomic E-state index is -0.121. The first-order valence-electron chi connectivity index (χ1n) is 5.45. The van der Waals surface area contributed by atoms with Crippen LogP contribution >= 0.6 is 11.8 Å². The van der Waals surface area contributed by atoms with Crippen molar-refractivity contribution >= 4 is 28.6 Å². The number of rotatable bonds is 4. The monoisotopic (exact) mass is 249 g/mol. The SMILES string of the molecule is CSCC(C)NC(=O)c1n[nH]c2ccccc12. The van der Waals surface area contributed by atoms with Crippen LogP contribution in [0, 0.1) is 0 Å². The van der Waals surface area contributed by atoms with E-state index in [4.69, 9.17) is 0 Å². The van der Waals surface area contributed by atoms with Gasteiger partial charge in [0.25, 0.3) is 5.91 Å². The quantitative estimate of drug-likeness (QED) is 0.872. The number of H-pyrrole nitrogens is 1. The van der Waals surface area contributed by atoms with Gasteiger partial charge in [0.1, 0.15) is 0 Å². The second-order valence-corrected chi connectivity index (χ2v) is 4.86. The van der Waals surface area contributed by atoms with Crippen molar-refractivity contribution in [1.29, 1.82) is 0 Å². The average Bonchev–Trinajstić information content (AvgIpc) is 2.72. The summed E-state index contributed by atoms with van der Waals surface area (Å²) in [6.45, 7) is 1.99. The van der Waals surface area contributed by atoms with E-state index >= 15 is 0 Å².